The molecule has 0 saturated heterocycles. The number of aromatic nitrogens is 3. The Morgan fingerprint density at radius 3 is 2.89 bits per heavy atom. The number of ether oxygens (including phenoxy) is 1. The second-order valence-corrected chi connectivity index (χ2v) is 5.96. The van der Waals surface area contributed by atoms with Gasteiger partial charge in [-0.05, 0) is 31.2 Å². The standard InChI is InChI=1S/C18H19FN4O4/c1-11(13-9-12(19)3-4-15(13)27-8-7-24)22(2)16-5-6-23-17(21-16)14(10-20-23)18(25)26/h3-6,9-11,24H,7-8H2,1-2H3,(H,25,26)/t11-/m1/s1. The number of aliphatic hydroxyl groups excluding tert-OH is 1. The molecular formula is C18H19FN4O4. The summed E-state index contributed by atoms with van der Waals surface area (Å²) in [5.74, 6) is -0.569. The van der Waals surface area contributed by atoms with Gasteiger partial charge in [0.05, 0.1) is 18.8 Å². The molecule has 0 spiro atoms. The van der Waals surface area contributed by atoms with E-state index < -0.39 is 11.8 Å². The quantitative estimate of drug-likeness (QED) is 0.653. The van der Waals surface area contributed by atoms with E-state index >= 15 is 0 Å². The predicted octanol–water partition coefficient (Wildman–Crippen LogP) is 2.14. The van der Waals surface area contributed by atoms with Crippen molar-refractivity contribution in [2.45, 2.75) is 13.0 Å². The molecule has 8 nitrogen and oxygen atoms in total. The fourth-order valence-corrected chi connectivity index (χ4v) is 2.75. The average molecular weight is 374 g/mol. The third-order valence-corrected chi connectivity index (χ3v) is 4.30. The third-order valence-electron chi connectivity index (χ3n) is 4.30. The molecule has 9 heteroatoms. The molecule has 0 saturated carbocycles. The van der Waals surface area contributed by atoms with E-state index in [0.29, 0.717) is 17.1 Å². The topological polar surface area (TPSA) is 100 Å². The molecule has 2 N–H and O–H groups in total. The van der Waals surface area contributed by atoms with Gasteiger partial charge in [-0.2, -0.15) is 5.10 Å². The van der Waals surface area contributed by atoms with Crippen LogP contribution in [0, 0.1) is 5.82 Å². The smallest absolute Gasteiger partial charge is 0.341 e. The van der Waals surface area contributed by atoms with Gasteiger partial charge in [0.1, 0.15) is 29.6 Å². The van der Waals surface area contributed by atoms with Crippen LogP contribution in [0.15, 0.2) is 36.7 Å². The van der Waals surface area contributed by atoms with Crippen molar-refractivity contribution in [3.8, 4) is 5.75 Å². The van der Waals surface area contributed by atoms with Crippen molar-refractivity contribution in [1.29, 1.82) is 0 Å². The van der Waals surface area contributed by atoms with Crippen LogP contribution < -0.4 is 9.64 Å². The van der Waals surface area contributed by atoms with E-state index in [4.69, 9.17) is 9.84 Å². The highest BCUT2D eigenvalue weighted by atomic mass is 19.1. The molecule has 0 amide bonds. The van der Waals surface area contributed by atoms with Crippen LogP contribution >= 0.6 is 0 Å². The number of halogens is 1. The van der Waals surface area contributed by atoms with Crippen LogP contribution in [0.5, 0.6) is 5.75 Å². The summed E-state index contributed by atoms with van der Waals surface area (Å²) in [6.45, 7) is 1.79. The molecule has 0 aliphatic rings. The number of carboxylic acid groups (broad SMARTS) is 1. The molecule has 2 aromatic heterocycles. The van der Waals surface area contributed by atoms with Crippen LogP contribution in [0.25, 0.3) is 5.65 Å². The Hall–Kier alpha value is -3.20. The molecule has 0 fully saturated rings. The molecule has 2 heterocycles. The highest BCUT2D eigenvalue weighted by Crippen LogP contribution is 2.32. The fourth-order valence-electron chi connectivity index (χ4n) is 2.75. The van der Waals surface area contributed by atoms with Gasteiger partial charge in [0, 0.05) is 18.8 Å². The van der Waals surface area contributed by atoms with Crippen molar-refractivity contribution >= 4 is 17.4 Å². The molecular weight excluding hydrogens is 355 g/mol. The average Bonchev–Trinajstić information content (AvgIpc) is 3.09. The number of hydrogen-bond acceptors (Lipinski definition) is 6. The lowest BCUT2D eigenvalue weighted by molar-refractivity contribution is 0.0698. The summed E-state index contributed by atoms with van der Waals surface area (Å²) in [6.07, 6.45) is 2.85. The molecule has 1 atom stereocenters. The number of aromatic carboxylic acids is 1. The van der Waals surface area contributed by atoms with Crippen LogP contribution in [0.1, 0.15) is 28.9 Å². The first-order valence-corrected chi connectivity index (χ1v) is 8.26. The van der Waals surface area contributed by atoms with E-state index in [-0.39, 0.29) is 30.5 Å². The SMILES string of the molecule is C[C@H](c1cc(F)ccc1OCCO)N(C)c1ccn2ncc(C(=O)O)c2n1. The Morgan fingerprint density at radius 1 is 1.41 bits per heavy atom. The molecule has 3 aromatic rings. The van der Waals surface area contributed by atoms with Crippen LogP contribution in [0.3, 0.4) is 0 Å². The number of anilines is 1. The zero-order valence-electron chi connectivity index (χ0n) is 14.8. The van der Waals surface area contributed by atoms with Crippen LogP contribution in [0.4, 0.5) is 10.2 Å². The van der Waals surface area contributed by atoms with Crippen molar-refractivity contribution in [2.24, 2.45) is 0 Å². The summed E-state index contributed by atoms with van der Waals surface area (Å²) in [5.41, 5.74) is 0.797. The van der Waals surface area contributed by atoms with Crippen molar-refractivity contribution < 1.29 is 24.1 Å². The van der Waals surface area contributed by atoms with Crippen LogP contribution in [0.2, 0.25) is 0 Å². The second kappa shape index (κ2) is 7.58. The number of aliphatic hydroxyl groups is 1. The summed E-state index contributed by atoms with van der Waals surface area (Å²) >= 11 is 0. The number of fused-ring (bicyclic) bond motifs is 1. The van der Waals surface area contributed by atoms with Gasteiger partial charge in [-0.15, -0.1) is 0 Å². The lowest BCUT2D eigenvalue weighted by atomic mass is 10.1. The highest BCUT2D eigenvalue weighted by Gasteiger charge is 2.20. The minimum atomic E-state index is -1.12. The first-order valence-electron chi connectivity index (χ1n) is 8.26. The van der Waals surface area contributed by atoms with E-state index in [0.717, 1.165) is 0 Å². The molecule has 142 valence electrons. The van der Waals surface area contributed by atoms with E-state index in [1.54, 1.807) is 24.2 Å². The first-order chi connectivity index (χ1) is 12.9. The van der Waals surface area contributed by atoms with Crippen molar-refractivity contribution in [3.63, 3.8) is 0 Å². The monoisotopic (exact) mass is 374 g/mol. The maximum Gasteiger partial charge on any atom is 0.341 e. The van der Waals surface area contributed by atoms with E-state index in [1.807, 2.05) is 6.92 Å². The largest absolute Gasteiger partial charge is 0.491 e. The molecule has 0 unspecified atom stereocenters. The van der Waals surface area contributed by atoms with E-state index in [9.17, 15) is 14.3 Å². The summed E-state index contributed by atoms with van der Waals surface area (Å²) in [5, 5.41) is 22.2. The Bertz CT molecular complexity index is 975. The molecule has 3 rings (SSSR count). The van der Waals surface area contributed by atoms with Gasteiger partial charge >= 0.3 is 5.97 Å². The number of rotatable bonds is 7. The molecule has 0 aliphatic heterocycles. The summed E-state index contributed by atoms with van der Waals surface area (Å²) in [6, 6.07) is 5.53. The van der Waals surface area contributed by atoms with Gasteiger partial charge in [-0.1, -0.05) is 0 Å². The lowest BCUT2D eigenvalue weighted by Gasteiger charge is -2.28. The predicted molar refractivity (Wildman–Crippen MR) is 95.7 cm³/mol. The van der Waals surface area contributed by atoms with Crippen molar-refractivity contribution in [1.82, 2.24) is 14.6 Å². The van der Waals surface area contributed by atoms with Gasteiger partial charge in [-0.3, -0.25) is 0 Å². The number of nitrogens with zero attached hydrogens (tertiary/aromatic N) is 4. The van der Waals surface area contributed by atoms with E-state index in [2.05, 4.69) is 10.1 Å². The molecule has 0 radical (unpaired) electrons. The maximum absolute atomic E-state index is 13.8. The first kappa shape index (κ1) is 18.6. The summed E-state index contributed by atoms with van der Waals surface area (Å²) in [7, 11) is 1.76. The Balaban J connectivity index is 1.97. The highest BCUT2D eigenvalue weighted by molar-refractivity contribution is 5.94. The zero-order chi connectivity index (χ0) is 19.6. The fraction of sp³-hybridized carbons (Fsp3) is 0.278. The van der Waals surface area contributed by atoms with Gasteiger partial charge in [-0.25, -0.2) is 18.7 Å². The second-order valence-electron chi connectivity index (χ2n) is 5.96. The summed E-state index contributed by atoms with van der Waals surface area (Å²) < 4.78 is 20.7. The Morgan fingerprint density at radius 2 is 2.19 bits per heavy atom. The van der Waals surface area contributed by atoms with Gasteiger partial charge in [0.25, 0.3) is 0 Å². The molecule has 0 bridgehead atoms. The summed E-state index contributed by atoms with van der Waals surface area (Å²) in [4.78, 5) is 17.5. The zero-order valence-corrected chi connectivity index (χ0v) is 14.8. The van der Waals surface area contributed by atoms with Gasteiger partial charge < -0.3 is 19.8 Å². The Kier molecular flexibility index (Phi) is 5.22. The number of carboxylic acids is 1. The van der Waals surface area contributed by atoms with Gasteiger partial charge in [0.2, 0.25) is 0 Å². The van der Waals surface area contributed by atoms with E-state index in [1.165, 1.54) is 28.9 Å². The van der Waals surface area contributed by atoms with Crippen LogP contribution in [-0.4, -0.2) is 51.0 Å². The Labute approximate surface area is 154 Å². The third kappa shape index (κ3) is 3.68. The minimum Gasteiger partial charge on any atom is -0.491 e. The number of benzene rings is 1. The van der Waals surface area contributed by atoms with Crippen molar-refractivity contribution in [2.75, 3.05) is 25.2 Å². The maximum atomic E-state index is 13.8. The molecule has 0 aliphatic carbocycles. The molecule has 1 aromatic carbocycles. The molecule has 27 heavy (non-hydrogen) atoms. The number of hydrogen-bond donors (Lipinski definition) is 2. The number of carbonyl (C=O) groups is 1. The van der Waals surface area contributed by atoms with Crippen molar-refractivity contribution in [3.05, 3.63) is 53.6 Å². The minimum absolute atomic E-state index is 0.00405. The van der Waals surface area contributed by atoms with Crippen LogP contribution in [-0.2, 0) is 0 Å². The van der Waals surface area contributed by atoms with Gasteiger partial charge in [0.15, 0.2) is 5.65 Å². The lowest BCUT2D eigenvalue weighted by Crippen LogP contribution is -2.24. The normalized spacial score (nSPS) is 12.1.